The van der Waals surface area contributed by atoms with Gasteiger partial charge in [-0.3, -0.25) is 4.79 Å². The van der Waals surface area contributed by atoms with Crippen LogP contribution in [0, 0.1) is 17.1 Å². The number of hydrogen-bond donors (Lipinski definition) is 1. The Bertz CT molecular complexity index is 680. The number of halogens is 1. The van der Waals surface area contributed by atoms with Crippen LogP contribution in [-0.4, -0.2) is 17.6 Å². The zero-order valence-electron chi connectivity index (χ0n) is 11.2. The molecule has 2 aromatic carbocycles. The van der Waals surface area contributed by atoms with Crippen LogP contribution in [0.15, 0.2) is 48.5 Å². The van der Waals surface area contributed by atoms with Gasteiger partial charge < -0.3 is 10.0 Å². The smallest absolute Gasteiger partial charge is 0.262 e. The third-order valence-corrected chi connectivity index (χ3v) is 2.95. The minimum Gasteiger partial charge on any atom is -0.507 e. The molecule has 0 aliphatic rings. The van der Waals surface area contributed by atoms with Crippen LogP contribution in [0.4, 0.5) is 10.1 Å². The van der Waals surface area contributed by atoms with Gasteiger partial charge in [0.15, 0.2) is 0 Å². The third-order valence-electron chi connectivity index (χ3n) is 2.95. The second-order valence-corrected chi connectivity index (χ2v) is 4.36. The molecule has 0 radical (unpaired) electrons. The molecule has 2 rings (SSSR count). The molecule has 1 amide bonds. The van der Waals surface area contributed by atoms with Crippen LogP contribution < -0.4 is 4.90 Å². The molecule has 21 heavy (non-hydrogen) atoms. The van der Waals surface area contributed by atoms with E-state index in [1.54, 1.807) is 24.3 Å². The number of benzene rings is 2. The lowest BCUT2D eigenvalue weighted by Crippen LogP contribution is -2.31. The Morgan fingerprint density at radius 3 is 2.57 bits per heavy atom. The molecule has 2 aromatic rings. The lowest BCUT2D eigenvalue weighted by Gasteiger charge is -2.22. The highest BCUT2D eigenvalue weighted by Gasteiger charge is 2.20. The van der Waals surface area contributed by atoms with Gasteiger partial charge in [-0.1, -0.05) is 18.2 Å². The van der Waals surface area contributed by atoms with Crippen molar-refractivity contribution >= 4 is 11.6 Å². The van der Waals surface area contributed by atoms with Gasteiger partial charge in [0.2, 0.25) is 0 Å². The summed E-state index contributed by atoms with van der Waals surface area (Å²) in [4.78, 5) is 13.9. The van der Waals surface area contributed by atoms with E-state index in [0.717, 1.165) is 12.1 Å². The van der Waals surface area contributed by atoms with Crippen molar-refractivity contribution in [2.45, 2.75) is 6.42 Å². The van der Waals surface area contributed by atoms with E-state index in [1.165, 1.54) is 11.0 Å². The molecule has 4 nitrogen and oxygen atoms in total. The average molecular weight is 284 g/mol. The molecule has 0 bridgehead atoms. The minimum absolute atomic E-state index is 0.00167. The van der Waals surface area contributed by atoms with Gasteiger partial charge >= 0.3 is 0 Å². The van der Waals surface area contributed by atoms with Crippen LogP contribution in [0.3, 0.4) is 0 Å². The normalized spacial score (nSPS) is 9.90. The Balaban J connectivity index is 2.37. The zero-order chi connectivity index (χ0) is 15.2. The number of hydrogen-bond acceptors (Lipinski definition) is 3. The number of phenolic OH excluding ortho intramolecular Hbond substituents is 1. The van der Waals surface area contributed by atoms with Gasteiger partial charge in [-0.15, -0.1) is 0 Å². The third kappa shape index (κ3) is 3.37. The van der Waals surface area contributed by atoms with Crippen molar-refractivity contribution < 1.29 is 14.3 Å². The zero-order valence-corrected chi connectivity index (χ0v) is 11.2. The van der Waals surface area contributed by atoms with Crippen LogP contribution in [0.5, 0.6) is 5.75 Å². The van der Waals surface area contributed by atoms with Crippen LogP contribution in [0.2, 0.25) is 0 Å². The minimum atomic E-state index is -0.618. The SMILES string of the molecule is N#CCCN(C(=O)c1ccc(F)cc1O)c1ccccc1. The number of carbonyl (C=O) groups excluding carboxylic acids is 1. The molecule has 0 saturated heterocycles. The van der Waals surface area contributed by atoms with Gasteiger partial charge in [0.25, 0.3) is 5.91 Å². The van der Waals surface area contributed by atoms with Crippen molar-refractivity contribution in [1.82, 2.24) is 0 Å². The molecule has 0 saturated carbocycles. The Morgan fingerprint density at radius 1 is 1.24 bits per heavy atom. The molecule has 0 spiro atoms. The molecule has 0 unspecified atom stereocenters. The summed E-state index contributed by atoms with van der Waals surface area (Å²) in [6, 6.07) is 14.0. The summed E-state index contributed by atoms with van der Waals surface area (Å²) in [6.45, 7) is 0.191. The first-order valence-corrected chi connectivity index (χ1v) is 6.36. The molecular weight excluding hydrogens is 271 g/mol. The van der Waals surface area contributed by atoms with Crippen molar-refractivity contribution in [2.24, 2.45) is 0 Å². The molecule has 106 valence electrons. The maximum Gasteiger partial charge on any atom is 0.262 e. The summed E-state index contributed by atoms with van der Waals surface area (Å²) in [7, 11) is 0. The number of phenols is 1. The summed E-state index contributed by atoms with van der Waals surface area (Å²) in [5, 5.41) is 18.4. The van der Waals surface area contributed by atoms with Gasteiger partial charge in [-0.2, -0.15) is 5.26 Å². The predicted octanol–water partition coefficient (Wildman–Crippen LogP) is 3.09. The maximum absolute atomic E-state index is 13.0. The van der Waals surface area contributed by atoms with Gasteiger partial charge in [0.05, 0.1) is 18.1 Å². The molecule has 0 fully saturated rings. The molecule has 0 aliphatic carbocycles. The summed E-state index contributed by atoms with van der Waals surface area (Å²) in [5.74, 6) is -1.51. The van der Waals surface area contributed by atoms with E-state index in [0.29, 0.717) is 5.69 Å². The number of rotatable bonds is 4. The predicted molar refractivity (Wildman–Crippen MR) is 76.4 cm³/mol. The molecule has 1 N–H and O–H groups in total. The first kappa shape index (κ1) is 14.5. The molecule has 0 atom stereocenters. The Kier molecular flexibility index (Phi) is 4.52. The lowest BCUT2D eigenvalue weighted by atomic mass is 10.1. The van der Waals surface area contributed by atoms with Crippen molar-refractivity contribution in [1.29, 1.82) is 5.26 Å². The number of nitrogens with zero attached hydrogens (tertiary/aromatic N) is 2. The average Bonchev–Trinajstić information content (AvgIpc) is 2.48. The number of para-hydroxylation sites is 1. The van der Waals surface area contributed by atoms with Crippen molar-refractivity contribution in [3.63, 3.8) is 0 Å². The number of amides is 1. The maximum atomic E-state index is 13.0. The highest BCUT2D eigenvalue weighted by atomic mass is 19.1. The topological polar surface area (TPSA) is 64.3 Å². The van der Waals surface area contributed by atoms with E-state index in [4.69, 9.17) is 5.26 Å². The number of aromatic hydroxyl groups is 1. The molecule has 0 aromatic heterocycles. The Hall–Kier alpha value is -2.87. The van der Waals surface area contributed by atoms with Gasteiger partial charge in [0, 0.05) is 18.3 Å². The summed E-state index contributed by atoms with van der Waals surface area (Å²) in [6.07, 6.45) is 0.155. The fourth-order valence-corrected chi connectivity index (χ4v) is 1.95. The van der Waals surface area contributed by atoms with Crippen LogP contribution in [0.1, 0.15) is 16.8 Å². The number of anilines is 1. The molecule has 0 aliphatic heterocycles. The van der Waals surface area contributed by atoms with Gasteiger partial charge in [0.1, 0.15) is 11.6 Å². The number of carbonyl (C=O) groups is 1. The van der Waals surface area contributed by atoms with Gasteiger partial charge in [-0.05, 0) is 24.3 Å². The molecule has 0 heterocycles. The van der Waals surface area contributed by atoms with E-state index < -0.39 is 17.5 Å². The van der Waals surface area contributed by atoms with Crippen LogP contribution >= 0.6 is 0 Å². The summed E-state index contributed by atoms with van der Waals surface area (Å²) < 4.78 is 13.0. The first-order chi connectivity index (χ1) is 10.1. The first-order valence-electron chi connectivity index (χ1n) is 6.36. The fourth-order valence-electron chi connectivity index (χ4n) is 1.95. The van der Waals surface area contributed by atoms with E-state index in [1.807, 2.05) is 12.1 Å². The number of nitriles is 1. The van der Waals surface area contributed by atoms with Crippen LogP contribution in [0.25, 0.3) is 0 Å². The van der Waals surface area contributed by atoms with Gasteiger partial charge in [-0.25, -0.2) is 4.39 Å². The summed E-state index contributed by atoms with van der Waals surface area (Å²) in [5.41, 5.74) is 0.611. The second kappa shape index (κ2) is 6.53. The highest BCUT2D eigenvalue weighted by Crippen LogP contribution is 2.23. The van der Waals surface area contributed by atoms with E-state index in [-0.39, 0.29) is 18.5 Å². The Morgan fingerprint density at radius 2 is 1.95 bits per heavy atom. The van der Waals surface area contributed by atoms with Crippen molar-refractivity contribution in [3.8, 4) is 11.8 Å². The largest absolute Gasteiger partial charge is 0.507 e. The van der Waals surface area contributed by atoms with E-state index in [2.05, 4.69) is 0 Å². The Labute approximate surface area is 121 Å². The quantitative estimate of drug-likeness (QED) is 0.938. The summed E-state index contributed by atoms with van der Waals surface area (Å²) >= 11 is 0. The fraction of sp³-hybridized carbons (Fsp3) is 0.125. The van der Waals surface area contributed by atoms with E-state index >= 15 is 0 Å². The van der Waals surface area contributed by atoms with Crippen LogP contribution in [-0.2, 0) is 0 Å². The second-order valence-electron chi connectivity index (χ2n) is 4.36. The van der Waals surface area contributed by atoms with Crippen molar-refractivity contribution in [2.75, 3.05) is 11.4 Å². The lowest BCUT2D eigenvalue weighted by molar-refractivity contribution is 0.0985. The van der Waals surface area contributed by atoms with Crippen molar-refractivity contribution in [3.05, 3.63) is 59.9 Å². The monoisotopic (exact) mass is 284 g/mol. The van der Waals surface area contributed by atoms with E-state index in [9.17, 15) is 14.3 Å². The highest BCUT2D eigenvalue weighted by molar-refractivity contribution is 6.07. The standard InChI is InChI=1S/C16H13FN2O2/c17-12-7-8-14(15(20)11-12)16(21)19(10-4-9-18)13-5-2-1-3-6-13/h1-3,5-8,11,20H,4,10H2. The molecule has 5 heteroatoms. The molecular formula is C16H13FN2O2.